The largest absolute Gasteiger partial charge is 0.462 e. The van der Waals surface area contributed by atoms with Crippen molar-refractivity contribution in [3.05, 3.63) is 97.1 Å². The average Bonchev–Trinajstić information content (AvgIpc) is 3.02. The molecule has 0 bridgehead atoms. The van der Waals surface area contributed by atoms with Crippen LogP contribution in [-0.4, -0.2) is 68.0 Å². The summed E-state index contributed by atoms with van der Waals surface area (Å²) >= 11 is 0. The van der Waals surface area contributed by atoms with Gasteiger partial charge in [-0.2, -0.15) is 0 Å². The van der Waals surface area contributed by atoms with Gasteiger partial charge >= 0.3 is 12.1 Å². The molecule has 3 amide bonds. The highest BCUT2D eigenvalue weighted by molar-refractivity contribution is 5.86. The van der Waals surface area contributed by atoms with Crippen LogP contribution in [0.1, 0.15) is 36.4 Å². The van der Waals surface area contributed by atoms with E-state index in [4.69, 9.17) is 19.3 Å². The van der Waals surface area contributed by atoms with E-state index in [-0.39, 0.29) is 64.7 Å². The Hall–Kier alpha value is -4.48. The fraction of sp³-hybridized carbons (Fsp3) is 0.375. The second-order valence-electron chi connectivity index (χ2n) is 9.50. The Balaban J connectivity index is 2.00. The summed E-state index contributed by atoms with van der Waals surface area (Å²) < 4.78 is 15.9. The van der Waals surface area contributed by atoms with Gasteiger partial charge in [-0.05, 0) is 24.0 Å². The molecule has 11 heteroatoms. The van der Waals surface area contributed by atoms with Crippen molar-refractivity contribution in [2.24, 2.45) is 5.92 Å². The molecule has 4 N–H and O–H groups in total. The first-order valence-corrected chi connectivity index (χ1v) is 14.0. The van der Waals surface area contributed by atoms with Crippen LogP contribution in [0.25, 0.3) is 0 Å². The van der Waals surface area contributed by atoms with E-state index in [9.17, 15) is 19.2 Å². The second-order valence-corrected chi connectivity index (χ2v) is 9.50. The van der Waals surface area contributed by atoms with Gasteiger partial charge in [0.05, 0.1) is 31.8 Å². The summed E-state index contributed by atoms with van der Waals surface area (Å²) in [5.74, 6) is -2.19. The van der Waals surface area contributed by atoms with Gasteiger partial charge in [0, 0.05) is 13.0 Å². The van der Waals surface area contributed by atoms with Crippen molar-refractivity contribution in [2.75, 3.05) is 33.0 Å². The van der Waals surface area contributed by atoms with Gasteiger partial charge in [-0.1, -0.05) is 72.8 Å². The van der Waals surface area contributed by atoms with E-state index >= 15 is 0 Å². The van der Waals surface area contributed by atoms with Crippen LogP contribution < -0.4 is 16.0 Å². The molecule has 11 nitrogen and oxygen atoms in total. The molecule has 0 fully saturated rings. The van der Waals surface area contributed by atoms with E-state index in [0.717, 1.165) is 5.56 Å². The third-order valence-corrected chi connectivity index (χ3v) is 6.16. The van der Waals surface area contributed by atoms with Crippen LogP contribution in [-0.2, 0) is 35.2 Å². The van der Waals surface area contributed by atoms with Crippen LogP contribution in [0.2, 0.25) is 0 Å². The number of nitrogens with one attached hydrogen (secondary N) is 3. The first-order valence-electron chi connectivity index (χ1n) is 14.0. The van der Waals surface area contributed by atoms with Gasteiger partial charge in [-0.25, -0.2) is 9.59 Å². The number of allylic oxidation sites excluding steroid dienone is 1. The molecule has 0 heterocycles. The number of aliphatic hydroxyl groups is 1. The van der Waals surface area contributed by atoms with Crippen molar-refractivity contribution < 1.29 is 38.5 Å². The number of amides is 3. The molecule has 43 heavy (non-hydrogen) atoms. The molecule has 0 saturated heterocycles. The summed E-state index contributed by atoms with van der Waals surface area (Å²) in [6.45, 7) is 7.68. The lowest BCUT2D eigenvalue weighted by Gasteiger charge is -2.24. The van der Waals surface area contributed by atoms with Gasteiger partial charge in [-0.3, -0.25) is 9.59 Å². The Labute approximate surface area is 252 Å². The molecule has 0 aliphatic carbocycles. The number of carbonyl (C=O) groups is 4. The molecular formula is C32H41N3O8. The topological polar surface area (TPSA) is 152 Å². The average molecular weight is 596 g/mol. The Morgan fingerprint density at radius 1 is 0.860 bits per heavy atom. The first kappa shape index (κ1) is 34.7. The van der Waals surface area contributed by atoms with E-state index < -0.39 is 36.0 Å². The highest BCUT2D eigenvalue weighted by Crippen LogP contribution is 2.17. The zero-order chi connectivity index (χ0) is 31.3. The molecule has 3 atom stereocenters. The maximum atomic E-state index is 13.3. The standard InChI is InChI=1S/C32H41N3O8/c1-3-11-26(21-29(37)33-17-19-41-20-18-36)30(38)34-28(25-15-9-6-10-16-25)23-42-31(39)27(12-4-2)35-32(40)43-22-24-13-7-5-8-14-24/h3-10,13-16,26-28,36H,1-2,11-12,17-23H2,(H,33,37)(H,34,38)(H,35,40)/t26-,27+,28+/m0/s1. The number of hydrogen-bond donors (Lipinski definition) is 4. The number of hydrogen-bond acceptors (Lipinski definition) is 8. The van der Waals surface area contributed by atoms with Crippen molar-refractivity contribution in [3.8, 4) is 0 Å². The fourth-order valence-electron chi connectivity index (χ4n) is 3.96. The molecule has 0 spiro atoms. The third kappa shape index (κ3) is 13.8. The van der Waals surface area contributed by atoms with E-state index in [1.165, 1.54) is 6.08 Å². The summed E-state index contributed by atoms with van der Waals surface area (Å²) in [5, 5.41) is 16.8. The quantitative estimate of drug-likeness (QED) is 0.104. The van der Waals surface area contributed by atoms with Gasteiger partial charge in [0.25, 0.3) is 0 Å². The van der Waals surface area contributed by atoms with Crippen LogP contribution in [0.3, 0.4) is 0 Å². The van der Waals surface area contributed by atoms with Gasteiger partial charge in [0.2, 0.25) is 11.8 Å². The lowest BCUT2D eigenvalue weighted by atomic mass is 9.98. The molecule has 0 unspecified atom stereocenters. The van der Waals surface area contributed by atoms with Gasteiger partial charge < -0.3 is 35.3 Å². The number of ether oxygens (including phenoxy) is 3. The van der Waals surface area contributed by atoms with Crippen LogP contribution in [0.5, 0.6) is 0 Å². The lowest BCUT2D eigenvalue weighted by molar-refractivity contribution is -0.147. The van der Waals surface area contributed by atoms with Crippen LogP contribution >= 0.6 is 0 Å². The summed E-state index contributed by atoms with van der Waals surface area (Å²) in [7, 11) is 0. The predicted molar refractivity (Wildman–Crippen MR) is 160 cm³/mol. The SMILES string of the molecule is C=CC[C@@H](CC(=O)NCCOCCO)C(=O)N[C@H](COC(=O)[C@@H](CC=C)NC(=O)OCc1ccccc1)c1ccccc1. The van der Waals surface area contributed by atoms with Crippen LogP contribution in [0.4, 0.5) is 4.79 Å². The highest BCUT2D eigenvalue weighted by atomic mass is 16.6. The van der Waals surface area contributed by atoms with E-state index in [2.05, 4.69) is 29.1 Å². The Morgan fingerprint density at radius 2 is 1.53 bits per heavy atom. The number of esters is 1. The number of rotatable bonds is 20. The number of alkyl carbamates (subject to hydrolysis) is 1. The third-order valence-electron chi connectivity index (χ3n) is 6.16. The molecule has 2 aromatic rings. The minimum absolute atomic E-state index is 0.0338. The van der Waals surface area contributed by atoms with Crippen molar-refractivity contribution in [3.63, 3.8) is 0 Å². The molecule has 2 rings (SSSR count). The van der Waals surface area contributed by atoms with Crippen molar-refractivity contribution >= 4 is 23.9 Å². The molecular weight excluding hydrogens is 554 g/mol. The van der Waals surface area contributed by atoms with E-state index in [1.807, 2.05) is 36.4 Å². The van der Waals surface area contributed by atoms with Crippen molar-refractivity contribution in [2.45, 2.75) is 38.0 Å². The summed E-state index contributed by atoms with van der Waals surface area (Å²) in [5.41, 5.74) is 1.48. The maximum Gasteiger partial charge on any atom is 0.408 e. The van der Waals surface area contributed by atoms with Crippen molar-refractivity contribution in [1.82, 2.24) is 16.0 Å². The summed E-state index contributed by atoms with van der Waals surface area (Å²) in [4.78, 5) is 51.0. The highest BCUT2D eigenvalue weighted by Gasteiger charge is 2.27. The fourth-order valence-corrected chi connectivity index (χ4v) is 3.96. The predicted octanol–water partition coefficient (Wildman–Crippen LogP) is 2.97. The maximum absolute atomic E-state index is 13.3. The molecule has 0 aliphatic rings. The van der Waals surface area contributed by atoms with Crippen LogP contribution in [0.15, 0.2) is 86.0 Å². The Kier molecular flexibility index (Phi) is 16.5. The minimum Gasteiger partial charge on any atom is -0.462 e. The molecule has 2 aromatic carbocycles. The summed E-state index contributed by atoms with van der Waals surface area (Å²) in [6.07, 6.45) is 2.51. The van der Waals surface area contributed by atoms with E-state index in [0.29, 0.717) is 5.56 Å². The van der Waals surface area contributed by atoms with Gasteiger partial charge in [0.1, 0.15) is 19.3 Å². The minimum atomic E-state index is -1.05. The van der Waals surface area contributed by atoms with E-state index in [1.54, 1.807) is 30.3 Å². The zero-order valence-electron chi connectivity index (χ0n) is 24.2. The van der Waals surface area contributed by atoms with Gasteiger partial charge in [0.15, 0.2) is 0 Å². The monoisotopic (exact) mass is 595 g/mol. The number of aliphatic hydroxyl groups excluding tert-OH is 1. The zero-order valence-corrected chi connectivity index (χ0v) is 24.2. The molecule has 0 saturated carbocycles. The number of carbonyl (C=O) groups excluding carboxylic acids is 4. The lowest BCUT2D eigenvalue weighted by Crippen LogP contribution is -2.43. The Morgan fingerprint density at radius 3 is 2.19 bits per heavy atom. The molecule has 0 radical (unpaired) electrons. The summed E-state index contributed by atoms with van der Waals surface area (Å²) in [6, 6.07) is 16.3. The van der Waals surface area contributed by atoms with Gasteiger partial charge in [-0.15, -0.1) is 13.2 Å². The molecule has 0 aromatic heterocycles. The smallest absolute Gasteiger partial charge is 0.408 e. The molecule has 0 aliphatic heterocycles. The molecule has 232 valence electrons. The Bertz CT molecular complexity index is 1160. The van der Waals surface area contributed by atoms with Crippen molar-refractivity contribution in [1.29, 1.82) is 0 Å². The van der Waals surface area contributed by atoms with Crippen LogP contribution in [0, 0.1) is 5.92 Å². The normalized spacial score (nSPS) is 12.6. The number of benzene rings is 2. The first-order chi connectivity index (χ1) is 20.9. The second kappa shape index (κ2) is 20.4.